The topological polar surface area (TPSA) is 52.6 Å². The molecular weight excluding hydrogens is 311 g/mol. The smallest absolute Gasteiger partial charge is 0.337 e. The maximum Gasteiger partial charge on any atom is 0.337 e. The van der Waals surface area contributed by atoms with Crippen LogP contribution in [0.15, 0.2) is 9.66 Å². The van der Waals surface area contributed by atoms with E-state index in [1.54, 1.807) is 4.08 Å². The summed E-state index contributed by atoms with van der Waals surface area (Å²) in [5, 5.41) is 0. The van der Waals surface area contributed by atoms with Gasteiger partial charge >= 0.3 is 11.9 Å². The lowest BCUT2D eigenvalue weighted by molar-refractivity contribution is -0.148. The molecule has 4 nitrogen and oxygen atoms in total. The fourth-order valence-electron chi connectivity index (χ4n) is 1.08. The molecule has 0 spiro atoms. The molecule has 0 aromatic rings. The summed E-state index contributed by atoms with van der Waals surface area (Å²) in [6, 6.07) is 0. The van der Waals surface area contributed by atoms with Crippen LogP contribution in [0.4, 0.5) is 0 Å². The van der Waals surface area contributed by atoms with Crippen molar-refractivity contribution in [1.29, 1.82) is 0 Å². The molecule has 0 aromatic heterocycles. The third-order valence-corrected chi connectivity index (χ3v) is 2.41. The first-order chi connectivity index (χ1) is 6.93. The van der Waals surface area contributed by atoms with Gasteiger partial charge in [0.2, 0.25) is 0 Å². The van der Waals surface area contributed by atoms with E-state index < -0.39 is 18.0 Å². The molecule has 0 amide bonds. The van der Waals surface area contributed by atoms with Gasteiger partial charge < -0.3 is 9.47 Å². The average molecular weight is 326 g/mol. The van der Waals surface area contributed by atoms with Gasteiger partial charge in [-0.1, -0.05) is 36.4 Å². The minimum atomic E-state index is -0.549. The molecule has 0 fully saturated rings. The van der Waals surface area contributed by atoms with Gasteiger partial charge in [-0.2, -0.15) is 0 Å². The Morgan fingerprint density at radius 3 is 2.13 bits per heavy atom. The number of carbonyl (C=O) groups is 2. The Balaban J connectivity index is 4.88. The average Bonchev–Trinajstić information content (AvgIpc) is 2.16. The highest BCUT2D eigenvalue weighted by Crippen LogP contribution is 2.19. The van der Waals surface area contributed by atoms with Crippen molar-refractivity contribution in [2.45, 2.75) is 26.9 Å². The van der Waals surface area contributed by atoms with Crippen molar-refractivity contribution in [3.63, 3.8) is 0 Å². The molecule has 0 rings (SSSR count). The standard InChI is InChI=1S/C10H15IO4/c1-6(2)9(15-7(3)12)8(5-11)10(13)14-4/h5-6,9H,1-4H3/b8-5-. The fourth-order valence-corrected chi connectivity index (χ4v) is 1.69. The minimum absolute atomic E-state index is 0.0222. The molecule has 86 valence electrons. The third-order valence-electron chi connectivity index (χ3n) is 1.74. The molecule has 0 saturated carbocycles. The van der Waals surface area contributed by atoms with E-state index in [0.717, 1.165) is 0 Å². The number of ether oxygens (including phenoxy) is 2. The molecule has 1 atom stereocenters. The predicted molar refractivity (Wildman–Crippen MR) is 64.5 cm³/mol. The minimum Gasteiger partial charge on any atom is -0.466 e. The molecule has 0 radical (unpaired) electrons. The van der Waals surface area contributed by atoms with Crippen LogP contribution in [-0.4, -0.2) is 25.2 Å². The van der Waals surface area contributed by atoms with E-state index in [-0.39, 0.29) is 5.92 Å². The molecule has 0 aromatic carbocycles. The van der Waals surface area contributed by atoms with Gasteiger partial charge in [0.1, 0.15) is 6.10 Å². The van der Waals surface area contributed by atoms with Crippen LogP contribution >= 0.6 is 22.6 Å². The summed E-state index contributed by atoms with van der Waals surface area (Å²) >= 11 is 1.93. The van der Waals surface area contributed by atoms with Crippen molar-refractivity contribution in [2.24, 2.45) is 5.92 Å². The zero-order valence-corrected chi connectivity index (χ0v) is 11.4. The van der Waals surface area contributed by atoms with Gasteiger partial charge in [-0.25, -0.2) is 4.79 Å². The van der Waals surface area contributed by atoms with Crippen molar-refractivity contribution >= 4 is 34.5 Å². The Labute approximate surface area is 103 Å². The van der Waals surface area contributed by atoms with Crippen LogP contribution in [0.3, 0.4) is 0 Å². The van der Waals surface area contributed by atoms with E-state index in [1.807, 2.05) is 36.4 Å². The number of halogens is 1. The zero-order chi connectivity index (χ0) is 12.0. The highest BCUT2D eigenvalue weighted by Gasteiger charge is 2.26. The number of hydrogen-bond donors (Lipinski definition) is 0. The lowest BCUT2D eigenvalue weighted by Gasteiger charge is -2.21. The summed E-state index contributed by atoms with van der Waals surface area (Å²) in [6.45, 7) is 5.06. The Bertz CT molecular complexity index is 271. The van der Waals surface area contributed by atoms with Gasteiger partial charge in [-0.3, -0.25) is 4.79 Å². The van der Waals surface area contributed by atoms with Crippen LogP contribution in [0, 0.1) is 5.92 Å². The first-order valence-electron chi connectivity index (χ1n) is 4.49. The SMILES string of the molecule is COC(=O)/C(=C\I)C(OC(C)=O)C(C)C. The lowest BCUT2D eigenvalue weighted by Crippen LogP contribution is -2.29. The molecule has 0 N–H and O–H groups in total. The van der Waals surface area contributed by atoms with E-state index in [1.165, 1.54) is 14.0 Å². The van der Waals surface area contributed by atoms with Gasteiger partial charge in [0.05, 0.1) is 12.7 Å². The van der Waals surface area contributed by atoms with E-state index in [0.29, 0.717) is 5.57 Å². The molecule has 0 aliphatic rings. The molecular formula is C10H15IO4. The van der Waals surface area contributed by atoms with Crippen molar-refractivity contribution < 1.29 is 19.1 Å². The van der Waals surface area contributed by atoms with Crippen LogP contribution in [0.1, 0.15) is 20.8 Å². The number of rotatable bonds is 4. The molecule has 0 bridgehead atoms. The highest BCUT2D eigenvalue weighted by molar-refractivity contribution is 14.1. The Hall–Kier alpha value is -0.590. The largest absolute Gasteiger partial charge is 0.466 e. The molecule has 15 heavy (non-hydrogen) atoms. The summed E-state index contributed by atoms with van der Waals surface area (Å²) in [5.41, 5.74) is 0.364. The second-order valence-corrected chi connectivity index (χ2v) is 3.95. The van der Waals surface area contributed by atoms with Crippen LogP contribution < -0.4 is 0 Å². The van der Waals surface area contributed by atoms with Gasteiger partial charge in [0.15, 0.2) is 0 Å². The molecule has 0 saturated heterocycles. The van der Waals surface area contributed by atoms with Crippen LogP contribution in [0.25, 0.3) is 0 Å². The monoisotopic (exact) mass is 326 g/mol. The normalized spacial score (nSPS) is 13.6. The summed E-state index contributed by atoms with van der Waals surface area (Å²) < 4.78 is 11.3. The first-order valence-corrected chi connectivity index (χ1v) is 5.74. The molecule has 0 heterocycles. The van der Waals surface area contributed by atoms with Gasteiger partial charge in [0.25, 0.3) is 0 Å². The van der Waals surface area contributed by atoms with E-state index in [9.17, 15) is 9.59 Å². The van der Waals surface area contributed by atoms with E-state index in [4.69, 9.17) is 4.74 Å². The van der Waals surface area contributed by atoms with E-state index in [2.05, 4.69) is 4.74 Å². The molecule has 1 unspecified atom stereocenters. The first kappa shape index (κ1) is 14.4. The zero-order valence-electron chi connectivity index (χ0n) is 9.24. The Morgan fingerprint density at radius 1 is 1.33 bits per heavy atom. The summed E-state index contributed by atoms with van der Waals surface area (Å²) in [5.74, 6) is -0.855. The number of hydrogen-bond acceptors (Lipinski definition) is 4. The molecule has 0 aliphatic carbocycles. The number of carbonyl (C=O) groups excluding carboxylic acids is 2. The molecule has 5 heteroatoms. The number of esters is 2. The second-order valence-electron chi connectivity index (χ2n) is 3.33. The van der Waals surface area contributed by atoms with Gasteiger partial charge in [-0.05, 0) is 10.0 Å². The summed E-state index contributed by atoms with van der Waals surface area (Å²) in [4.78, 5) is 22.3. The van der Waals surface area contributed by atoms with Crippen LogP contribution in [0.2, 0.25) is 0 Å². The number of methoxy groups -OCH3 is 1. The van der Waals surface area contributed by atoms with Gasteiger partial charge in [0, 0.05) is 6.92 Å². The maximum atomic E-state index is 11.4. The van der Waals surface area contributed by atoms with Crippen LogP contribution in [-0.2, 0) is 19.1 Å². The Kier molecular flexibility index (Phi) is 6.55. The van der Waals surface area contributed by atoms with E-state index >= 15 is 0 Å². The molecule has 0 aliphatic heterocycles. The lowest BCUT2D eigenvalue weighted by atomic mass is 10.0. The quantitative estimate of drug-likeness (QED) is 0.451. The van der Waals surface area contributed by atoms with Gasteiger partial charge in [-0.15, -0.1) is 0 Å². The van der Waals surface area contributed by atoms with Crippen molar-refractivity contribution in [3.05, 3.63) is 9.66 Å². The summed E-state index contributed by atoms with van der Waals surface area (Å²) in [6.07, 6.45) is -0.549. The van der Waals surface area contributed by atoms with Crippen molar-refractivity contribution in [3.8, 4) is 0 Å². The maximum absolute atomic E-state index is 11.4. The fraction of sp³-hybridized carbons (Fsp3) is 0.600. The summed E-state index contributed by atoms with van der Waals surface area (Å²) in [7, 11) is 1.30. The highest BCUT2D eigenvalue weighted by atomic mass is 127. The third kappa shape index (κ3) is 4.63. The second kappa shape index (κ2) is 6.81. The predicted octanol–water partition coefficient (Wildman–Crippen LogP) is 2.07. The van der Waals surface area contributed by atoms with Crippen LogP contribution in [0.5, 0.6) is 0 Å². The Morgan fingerprint density at radius 2 is 1.87 bits per heavy atom. The van der Waals surface area contributed by atoms with Crippen molar-refractivity contribution in [1.82, 2.24) is 0 Å². The van der Waals surface area contributed by atoms with Crippen molar-refractivity contribution in [2.75, 3.05) is 7.11 Å².